The van der Waals surface area contributed by atoms with Gasteiger partial charge < -0.3 is 19.9 Å². The number of benzene rings is 1. The highest BCUT2D eigenvalue weighted by Gasteiger charge is 2.55. The van der Waals surface area contributed by atoms with Crippen LogP contribution < -0.4 is 15.1 Å². The zero-order chi connectivity index (χ0) is 20.4. The number of carbonyl (C=O) groups is 2. The molecule has 158 valence electrons. The predicted molar refractivity (Wildman–Crippen MR) is 111 cm³/mol. The monoisotopic (exact) mass is 401 g/mol. The van der Waals surface area contributed by atoms with Crippen LogP contribution in [0.1, 0.15) is 38.2 Å². The molecule has 1 aromatic rings. The molecule has 1 aliphatic carbocycles. The van der Waals surface area contributed by atoms with E-state index in [9.17, 15) is 9.59 Å². The quantitative estimate of drug-likeness (QED) is 0.723. The third-order valence-corrected chi connectivity index (χ3v) is 6.75. The Morgan fingerprint density at radius 3 is 2.59 bits per heavy atom. The molecule has 3 atom stereocenters. The first-order valence-corrected chi connectivity index (χ1v) is 10.9. The molecule has 0 bridgehead atoms. The van der Waals surface area contributed by atoms with Gasteiger partial charge in [-0.05, 0) is 30.9 Å². The molecular weight excluding hydrogens is 368 g/mol. The number of hydrogen-bond donors (Lipinski definition) is 2. The van der Waals surface area contributed by atoms with Crippen LogP contribution in [0.25, 0.3) is 0 Å². The number of rotatable bonds is 5. The Balaban J connectivity index is 1.36. The molecule has 3 amide bonds. The summed E-state index contributed by atoms with van der Waals surface area (Å²) < 4.78 is 5.42. The Labute approximate surface area is 173 Å². The summed E-state index contributed by atoms with van der Waals surface area (Å²) in [5.74, 6) is 0.169. The Bertz CT molecular complexity index is 747. The normalized spacial score (nSPS) is 28.7. The fourth-order valence-corrected chi connectivity index (χ4v) is 4.96. The summed E-state index contributed by atoms with van der Waals surface area (Å²) in [6.45, 7) is 6.66. The van der Waals surface area contributed by atoms with E-state index >= 15 is 0 Å². The van der Waals surface area contributed by atoms with Gasteiger partial charge in [-0.2, -0.15) is 0 Å². The van der Waals surface area contributed by atoms with Crippen molar-refractivity contribution in [3.8, 4) is 0 Å². The van der Waals surface area contributed by atoms with Crippen LogP contribution in [-0.4, -0.2) is 62.4 Å². The van der Waals surface area contributed by atoms with Gasteiger partial charge >= 0.3 is 6.03 Å². The average Bonchev–Trinajstić information content (AvgIpc) is 2.96. The fraction of sp³-hybridized carbons (Fsp3) is 0.636. The highest BCUT2D eigenvalue weighted by atomic mass is 16.5. The van der Waals surface area contributed by atoms with Gasteiger partial charge in [-0.1, -0.05) is 31.9 Å². The first-order chi connectivity index (χ1) is 14.0. The summed E-state index contributed by atoms with van der Waals surface area (Å²) in [5, 5.41) is 3.04. The third-order valence-electron chi connectivity index (χ3n) is 6.75. The van der Waals surface area contributed by atoms with Crippen molar-refractivity contribution in [1.29, 1.82) is 0 Å². The summed E-state index contributed by atoms with van der Waals surface area (Å²) in [7, 11) is 2.03. The molecule has 0 radical (unpaired) electrons. The second kappa shape index (κ2) is 8.32. The van der Waals surface area contributed by atoms with E-state index in [1.165, 1.54) is 16.2 Å². The molecule has 29 heavy (non-hydrogen) atoms. The van der Waals surface area contributed by atoms with Crippen LogP contribution in [0.15, 0.2) is 24.3 Å². The van der Waals surface area contributed by atoms with Crippen LogP contribution in [0.3, 0.4) is 0 Å². The number of amides is 3. The fourth-order valence-electron chi connectivity index (χ4n) is 4.96. The standard InChI is InChI=1S/C22H32N4O3/c1-17-5-3-4-10-22(17)20(27)26(21(28)23-22)16-24(2)15-18-6-8-19(9-7-18)25-11-13-29-14-12-25/h6-9,17H,3-5,10-16H2,1-2H3,(H,23,28)/p+1/t17-,22+/m0/s1. The van der Waals surface area contributed by atoms with Gasteiger partial charge in [0.15, 0.2) is 6.67 Å². The van der Waals surface area contributed by atoms with Gasteiger partial charge in [0.25, 0.3) is 5.91 Å². The molecular formula is C22H33N4O3+. The first kappa shape index (κ1) is 20.2. The van der Waals surface area contributed by atoms with Crippen molar-refractivity contribution in [3.63, 3.8) is 0 Å². The van der Waals surface area contributed by atoms with Gasteiger partial charge in [-0.3, -0.25) is 4.79 Å². The van der Waals surface area contributed by atoms with Gasteiger partial charge in [0.2, 0.25) is 0 Å². The molecule has 0 aromatic heterocycles. The second-order valence-corrected chi connectivity index (χ2v) is 8.84. The molecule has 3 fully saturated rings. The summed E-state index contributed by atoms with van der Waals surface area (Å²) >= 11 is 0. The van der Waals surface area contributed by atoms with Crippen LogP contribution in [0.2, 0.25) is 0 Å². The van der Waals surface area contributed by atoms with Crippen molar-refractivity contribution in [1.82, 2.24) is 10.2 Å². The first-order valence-electron chi connectivity index (χ1n) is 10.9. The summed E-state index contributed by atoms with van der Waals surface area (Å²) in [5.41, 5.74) is 1.75. The van der Waals surface area contributed by atoms with Gasteiger partial charge in [0, 0.05) is 24.3 Å². The van der Waals surface area contributed by atoms with Crippen LogP contribution in [0, 0.1) is 5.92 Å². The van der Waals surface area contributed by atoms with Gasteiger partial charge in [0.1, 0.15) is 12.1 Å². The number of nitrogens with zero attached hydrogens (tertiary/aromatic N) is 2. The van der Waals surface area contributed by atoms with Crippen molar-refractivity contribution in [2.75, 3.05) is 44.9 Å². The summed E-state index contributed by atoms with van der Waals surface area (Å²) in [6.07, 6.45) is 3.90. The molecule has 7 heteroatoms. The van der Waals surface area contributed by atoms with E-state index < -0.39 is 5.54 Å². The lowest BCUT2D eigenvalue weighted by molar-refractivity contribution is -0.901. The maximum Gasteiger partial charge on any atom is 0.329 e. The molecule has 2 heterocycles. The largest absolute Gasteiger partial charge is 0.378 e. The molecule has 1 saturated carbocycles. The van der Waals surface area contributed by atoms with Crippen LogP contribution >= 0.6 is 0 Å². The van der Waals surface area contributed by atoms with E-state index in [2.05, 4.69) is 41.4 Å². The minimum absolute atomic E-state index is 0.0308. The molecule has 1 aromatic carbocycles. The highest BCUT2D eigenvalue weighted by molar-refractivity contribution is 6.07. The molecule has 3 aliphatic rings. The lowest BCUT2D eigenvalue weighted by Crippen LogP contribution is -3.09. The molecule has 1 spiro atoms. The van der Waals surface area contributed by atoms with Gasteiger partial charge in [0.05, 0.1) is 20.3 Å². The Hall–Kier alpha value is -2.12. The summed E-state index contributed by atoms with van der Waals surface area (Å²) in [4.78, 5) is 30.6. The number of nitrogens with one attached hydrogen (secondary N) is 2. The SMILES string of the molecule is C[C@H]1CCCC[C@@]12NC(=O)N(C[NH+](C)Cc1ccc(N3CCOCC3)cc1)C2=O. The van der Waals surface area contributed by atoms with Crippen molar-refractivity contribution >= 4 is 17.6 Å². The highest BCUT2D eigenvalue weighted by Crippen LogP contribution is 2.37. The Kier molecular flexibility index (Phi) is 5.79. The van der Waals surface area contributed by atoms with Crippen molar-refractivity contribution in [2.24, 2.45) is 5.92 Å². The van der Waals surface area contributed by atoms with Gasteiger partial charge in [-0.15, -0.1) is 0 Å². The van der Waals surface area contributed by atoms with Gasteiger partial charge in [-0.25, -0.2) is 9.69 Å². The molecule has 7 nitrogen and oxygen atoms in total. The lowest BCUT2D eigenvalue weighted by atomic mass is 9.73. The van der Waals surface area contributed by atoms with Crippen molar-refractivity contribution in [3.05, 3.63) is 29.8 Å². The number of imide groups is 1. The van der Waals surface area contributed by atoms with E-state index in [1.807, 2.05) is 7.05 Å². The van der Waals surface area contributed by atoms with Crippen LogP contribution in [-0.2, 0) is 16.1 Å². The lowest BCUT2D eigenvalue weighted by Gasteiger charge is -2.36. The van der Waals surface area contributed by atoms with Crippen molar-refractivity contribution in [2.45, 2.75) is 44.7 Å². The van der Waals surface area contributed by atoms with Crippen LogP contribution in [0.4, 0.5) is 10.5 Å². The van der Waals surface area contributed by atoms with E-state index in [4.69, 9.17) is 4.74 Å². The number of quaternary nitrogens is 1. The van der Waals surface area contributed by atoms with E-state index in [0.717, 1.165) is 63.4 Å². The zero-order valence-corrected chi connectivity index (χ0v) is 17.6. The number of ether oxygens (including phenoxy) is 1. The zero-order valence-electron chi connectivity index (χ0n) is 17.6. The molecule has 1 unspecified atom stereocenters. The van der Waals surface area contributed by atoms with Crippen LogP contribution in [0.5, 0.6) is 0 Å². The number of anilines is 1. The summed E-state index contributed by atoms with van der Waals surface area (Å²) in [6, 6.07) is 8.36. The number of carbonyl (C=O) groups excluding carboxylic acids is 2. The molecule has 4 rings (SSSR count). The maximum atomic E-state index is 13.1. The second-order valence-electron chi connectivity index (χ2n) is 8.84. The van der Waals surface area contributed by atoms with E-state index in [1.54, 1.807) is 0 Å². The number of morpholine rings is 1. The molecule has 2 saturated heterocycles. The third kappa shape index (κ3) is 3.98. The van der Waals surface area contributed by atoms with Crippen molar-refractivity contribution < 1.29 is 19.2 Å². The predicted octanol–water partition coefficient (Wildman–Crippen LogP) is 0.996. The Morgan fingerprint density at radius 1 is 1.17 bits per heavy atom. The number of urea groups is 1. The van der Waals surface area contributed by atoms with E-state index in [0.29, 0.717) is 6.67 Å². The number of hydrogen-bond acceptors (Lipinski definition) is 4. The average molecular weight is 402 g/mol. The topological polar surface area (TPSA) is 66.3 Å². The molecule has 2 N–H and O–H groups in total. The minimum atomic E-state index is -0.671. The molecule has 2 aliphatic heterocycles. The smallest absolute Gasteiger partial charge is 0.329 e. The minimum Gasteiger partial charge on any atom is -0.378 e. The van der Waals surface area contributed by atoms with E-state index in [-0.39, 0.29) is 17.9 Å². The maximum absolute atomic E-state index is 13.1. The Morgan fingerprint density at radius 2 is 1.90 bits per heavy atom.